The summed E-state index contributed by atoms with van der Waals surface area (Å²) >= 11 is 0. The second-order valence-electron chi connectivity index (χ2n) is 8.50. The van der Waals surface area contributed by atoms with Crippen LogP contribution in [0.5, 0.6) is 0 Å². The van der Waals surface area contributed by atoms with Gasteiger partial charge in [-0.2, -0.15) is 10.2 Å². The fourth-order valence-corrected chi connectivity index (χ4v) is 3.85. The molecule has 0 unspecified atom stereocenters. The lowest BCUT2D eigenvalue weighted by atomic mass is 9.90. The minimum Gasteiger partial charge on any atom is -0.272 e. The summed E-state index contributed by atoms with van der Waals surface area (Å²) in [5.41, 5.74) is 7.95. The molecular formula is C24H22N8O8. The van der Waals surface area contributed by atoms with E-state index in [1.54, 1.807) is 0 Å². The van der Waals surface area contributed by atoms with E-state index in [-0.39, 0.29) is 11.4 Å². The molecule has 3 aromatic carbocycles. The number of hydrogen-bond donors (Lipinski definition) is 2. The van der Waals surface area contributed by atoms with Crippen LogP contribution in [0.2, 0.25) is 0 Å². The second-order valence-corrected chi connectivity index (χ2v) is 8.50. The SMILES string of the molecule is Cc1c(C)c(/C=N/Nc2ccc([N+](=O)[O-])cc2[N+](=O)[O-])c(C)c(C)c1/C=N/Nc1ccc([N+](=O)[O-])cc1[N+](=O)[O-]. The van der Waals surface area contributed by atoms with Crippen LogP contribution in [0.25, 0.3) is 0 Å². The van der Waals surface area contributed by atoms with E-state index in [1.165, 1.54) is 24.6 Å². The number of nitrogens with one attached hydrogen (secondary N) is 2. The quantitative estimate of drug-likeness (QED) is 0.184. The van der Waals surface area contributed by atoms with Crippen LogP contribution in [0.3, 0.4) is 0 Å². The first-order valence-corrected chi connectivity index (χ1v) is 11.4. The molecule has 0 radical (unpaired) electrons. The highest BCUT2D eigenvalue weighted by atomic mass is 16.6. The molecule has 0 spiro atoms. The van der Waals surface area contributed by atoms with Gasteiger partial charge in [-0.1, -0.05) is 0 Å². The molecule has 0 fully saturated rings. The molecule has 0 atom stereocenters. The van der Waals surface area contributed by atoms with Gasteiger partial charge in [-0.15, -0.1) is 0 Å². The first kappa shape index (κ1) is 28.8. The van der Waals surface area contributed by atoms with Crippen molar-refractivity contribution < 1.29 is 19.7 Å². The zero-order chi connectivity index (χ0) is 29.7. The summed E-state index contributed by atoms with van der Waals surface area (Å²) in [4.78, 5) is 41.6. The average molecular weight is 550 g/mol. The Morgan fingerprint density at radius 2 is 0.900 bits per heavy atom. The highest BCUT2D eigenvalue weighted by Gasteiger charge is 2.21. The molecule has 0 aromatic heterocycles. The molecule has 0 bridgehead atoms. The number of anilines is 2. The van der Waals surface area contributed by atoms with E-state index >= 15 is 0 Å². The molecule has 3 aromatic rings. The van der Waals surface area contributed by atoms with E-state index in [4.69, 9.17) is 0 Å². The third-order valence-electron chi connectivity index (χ3n) is 6.28. The third-order valence-corrected chi connectivity index (χ3v) is 6.28. The van der Waals surface area contributed by atoms with Crippen molar-refractivity contribution in [3.05, 3.63) is 110 Å². The van der Waals surface area contributed by atoms with Gasteiger partial charge in [-0.25, -0.2) is 0 Å². The van der Waals surface area contributed by atoms with Gasteiger partial charge in [-0.05, 0) is 62.1 Å². The number of rotatable bonds is 10. The van der Waals surface area contributed by atoms with Crippen molar-refractivity contribution in [2.24, 2.45) is 10.2 Å². The third kappa shape index (κ3) is 6.01. The molecule has 0 amide bonds. The normalized spacial score (nSPS) is 11.1. The molecular weight excluding hydrogens is 528 g/mol. The Balaban J connectivity index is 1.88. The molecule has 0 aliphatic rings. The maximum atomic E-state index is 11.3. The molecule has 0 aliphatic carbocycles. The number of hydrogen-bond acceptors (Lipinski definition) is 12. The van der Waals surface area contributed by atoms with Gasteiger partial charge in [0.05, 0.1) is 44.3 Å². The van der Waals surface area contributed by atoms with Gasteiger partial charge in [0.15, 0.2) is 0 Å². The maximum absolute atomic E-state index is 11.3. The lowest BCUT2D eigenvalue weighted by Gasteiger charge is -2.16. The maximum Gasteiger partial charge on any atom is 0.301 e. The first-order valence-electron chi connectivity index (χ1n) is 11.4. The minimum atomic E-state index is -0.747. The van der Waals surface area contributed by atoms with E-state index in [1.807, 2.05) is 27.7 Å². The molecule has 3 rings (SSSR count). The minimum absolute atomic E-state index is 0.0224. The fraction of sp³-hybridized carbons (Fsp3) is 0.167. The van der Waals surface area contributed by atoms with E-state index in [2.05, 4.69) is 21.1 Å². The Hall–Kier alpha value is -5.80. The molecule has 40 heavy (non-hydrogen) atoms. The van der Waals surface area contributed by atoms with Crippen molar-refractivity contribution >= 4 is 46.6 Å². The monoisotopic (exact) mass is 550 g/mol. The van der Waals surface area contributed by atoms with Crippen LogP contribution in [0.1, 0.15) is 33.4 Å². The summed E-state index contributed by atoms with van der Waals surface area (Å²) in [6, 6.07) is 6.34. The van der Waals surface area contributed by atoms with Crippen LogP contribution in [-0.2, 0) is 0 Å². The lowest BCUT2D eigenvalue weighted by Crippen LogP contribution is -2.06. The van der Waals surface area contributed by atoms with Crippen molar-refractivity contribution in [1.82, 2.24) is 0 Å². The van der Waals surface area contributed by atoms with Crippen molar-refractivity contribution in [3.8, 4) is 0 Å². The summed E-state index contributed by atoms with van der Waals surface area (Å²) in [5.74, 6) is 0. The number of nitrogens with zero attached hydrogens (tertiary/aromatic N) is 6. The molecule has 16 nitrogen and oxygen atoms in total. The topological polar surface area (TPSA) is 221 Å². The Morgan fingerprint density at radius 3 is 1.18 bits per heavy atom. The predicted molar refractivity (Wildman–Crippen MR) is 147 cm³/mol. The Labute approximate surface area is 225 Å². The first-order chi connectivity index (χ1) is 18.8. The van der Waals surface area contributed by atoms with Gasteiger partial charge in [-0.3, -0.25) is 51.3 Å². The van der Waals surface area contributed by atoms with E-state index in [0.29, 0.717) is 0 Å². The number of benzene rings is 3. The Morgan fingerprint density at radius 1 is 0.575 bits per heavy atom. The molecule has 0 saturated carbocycles. The van der Waals surface area contributed by atoms with Gasteiger partial charge >= 0.3 is 11.4 Å². The van der Waals surface area contributed by atoms with Gasteiger partial charge in [0.2, 0.25) is 0 Å². The fourth-order valence-electron chi connectivity index (χ4n) is 3.85. The zero-order valence-electron chi connectivity index (χ0n) is 21.6. The summed E-state index contributed by atoms with van der Waals surface area (Å²) in [5, 5.41) is 52.8. The van der Waals surface area contributed by atoms with Gasteiger partial charge in [0.1, 0.15) is 11.4 Å². The Kier molecular flexibility index (Phi) is 8.43. The van der Waals surface area contributed by atoms with Crippen LogP contribution in [-0.4, -0.2) is 32.1 Å². The van der Waals surface area contributed by atoms with Gasteiger partial charge in [0, 0.05) is 23.3 Å². The summed E-state index contributed by atoms with van der Waals surface area (Å²) in [7, 11) is 0. The van der Waals surface area contributed by atoms with Crippen molar-refractivity contribution in [2.45, 2.75) is 27.7 Å². The lowest BCUT2D eigenvalue weighted by molar-refractivity contribution is -0.393. The van der Waals surface area contributed by atoms with Crippen molar-refractivity contribution in [2.75, 3.05) is 10.9 Å². The highest BCUT2D eigenvalue weighted by Crippen LogP contribution is 2.31. The number of nitro benzene ring substituents is 4. The van der Waals surface area contributed by atoms with E-state index in [0.717, 1.165) is 57.6 Å². The summed E-state index contributed by atoms with van der Waals surface area (Å²) in [6.45, 7) is 7.35. The number of nitro groups is 4. The zero-order valence-corrected chi connectivity index (χ0v) is 21.6. The standard InChI is InChI=1S/C24H22N8O8/c1-13-14(2)20(12-26-28-22-8-6-18(30(35)36)10-24(22)32(39)40)16(4)15(3)19(13)11-25-27-21-7-5-17(29(33)34)9-23(21)31(37)38/h5-12,27-28H,1-4H3/b25-11+,26-12+. The Bertz CT molecular complexity index is 1470. The van der Waals surface area contributed by atoms with Crippen LogP contribution in [0.15, 0.2) is 46.6 Å². The highest BCUT2D eigenvalue weighted by molar-refractivity contribution is 5.92. The smallest absolute Gasteiger partial charge is 0.272 e. The molecule has 0 heterocycles. The van der Waals surface area contributed by atoms with Crippen LogP contribution in [0.4, 0.5) is 34.1 Å². The predicted octanol–water partition coefficient (Wildman–Crippen LogP) is 5.45. The van der Waals surface area contributed by atoms with Crippen LogP contribution in [0, 0.1) is 68.2 Å². The molecule has 2 N–H and O–H groups in total. The molecule has 16 heteroatoms. The molecule has 0 saturated heterocycles. The molecule has 0 aliphatic heterocycles. The molecule has 206 valence electrons. The number of non-ortho nitro benzene ring substituents is 2. The number of hydrazone groups is 2. The van der Waals surface area contributed by atoms with E-state index in [9.17, 15) is 40.5 Å². The average Bonchev–Trinajstić information content (AvgIpc) is 2.91. The van der Waals surface area contributed by atoms with E-state index < -0.39 is 42.4 Å². The van der Waals surface area contributed by atoms with Gasteiger partial charge < -0.3 is 0 Å². The van der Waals surface area contributed by atoms with Crippen LogP contribution >= 0.6 is 0 Å². The second kappa shape index (κ2) is 11.7. The van der Waals surface area contributed by atoms with Crippen LogP contribution < -0.4 is 10.9 Å². The summed E-state index contributed by atoms with van der Waals surface area (Å²) in [6.07, 6.45) is 2.96. The van der Waals surface area contributed by atoms with Gasteiger partial charge in [0.25, 0.3) is 11.4 Å². The van der Waals surface area contributed by atoms with Crippen molar-refractivity contribution in [3.63, 3.8) is 0 Å². The summed E-state index contributed by atoms with van der Waals surface area (Å²) < 4.78 is 0. The van der Waals surface area contributed by atoms with Crippen molar-refractivity contribution in [1.29, 1.82) is 0 Å². The largest absolute Gasteiger partial charge is 0.301 e.